The van der Waals surface area contributed by atoms with Crippen molar-refractivity contribution in [2.75, 3.05) is 0 Å². The quantitative estimate of drug-likeness (QED) is 0.478. The number of aliphatic hydroxyl groups excluding tert-OH is 1. The van der Waals surface area contributed by atoms with E-state index in [-0.39, 0.29) is 23.5 Å². The van der Waals surface area contributed by atoms with Gasteiger partial charge in [-0.2, -0.15) is 0 Å². The van der Waals surface area contributed by atoms with Crippen LogP contribution in [-0.4, -0.2) is 27.9 Å². The van der Waals surface area contributed by atoms with Crippen LogP contribution in [0.15, 0.2) is 23.8 Å². The van der Waals surface area contributed by atoms with Crippen molar-refractivity contribution in [1.29, 1.82) is 0 Å². The number of benzene rings is 1. The smallest absolute Gasteiger partial charge is 0.348 e. The summed E-state index contributed by atoms with van der Waals surface area (Å²) in [6.45, 7) is 2.67. The first-order valence-electron chi connectivity index (χ1n) is 5.93. The average molecular weight is 278 g/mol. The van der Waals surface area contributed by atoms with Crippen LogP contribution < -0.4 is 0 Å². The number of cyclic esters (lactones) is 2. The average Bonchev–Trinajstić information content (AvgIpc) is 2.34. The number of phenols is 1. The molecule has 1 aliphatic rings. The number of phenolic OH excluding ortho intramolecular Hbond substituents is 1. The molecule has 0 spiro atoms. The normalized spacial score (nSPS) is 17.4. The van der Waals surface area contributed by atoms with Gasteiger partial charge in [-0.1, -0.05) is 6.07 Å². The minimum atomic E-state index is -1.31. The lowest BCUT2D eigenvalue weighted by atomic mass is 10.1. The van der Waals surface area contributed by atoms with Gasteiger partial charge in [0.05, 0.1) is 6.61 Å². The molecule has 1 fully saturated rings. The van der Waals surface area contributed by atoms with E-state index < -0.39 is 17.7 Å². The molecule has 0 aromatic heterocycles. The first kappa shape index (κ1) is 14.1. The Balaban J connectivity index is 2.40. The Morgan fingerprint density at radius 2 is 1.80 bits per heavy atom. The van der Waals surface area contributed by atoms with Crippen LogP contribution in [0, 0.1) is 0 Å². The fraction of sp³-hybridized carbons (Fsp3) is 0.286. The van der Waals surface area contributed by atoms with Crippen LogP contribution in [0.1, 0.15) is 25.0 Å². The van der Waals surface area contributed by atoms with Crippen molar-refractivity contribution in [2.45, 2.75) is 26.2 Å². The molecule has 0 amide bonds. The minimum Gasteiger partial charge on any atom is -0.507 e. The van der Waals surface area contributed by atoms with Gasteiger partial charge in [-0.25, -0.2) is 9.59 Å². The van der Waals surface area contributed by atoms with Gasteiger partial charge in [0.15, 0.2) is 0 Å². The van der Waals surface area contributed by atoms with E-state index in [2.05, 4.69) is 0 Å². The summed E-state index contributed by atoms with van der Waals surface area (Å²) in [5, 5.41) is 18.8. The fourth-order valence-corrected chi connectivity index (χ4v) is 1.75. The van der Waals surface area contributed by atoms with Crippen molar-refractivity contribution in [1.82, 2.24) is 0 Å². The van der Waals surface area contributed by atoms with Crippen molar-refractivity contribution in [3.8, 4) is 5.75 Å². The summed E-state index contributed by atoms with van der Waals surface area (Å²) < 4.78 is 9.89. The van der Waals surface area contributed by atoms with E-state index in [0.29, 0.717) is 5.56 Å². The number of aromatic hydroxyl groups is 1. The van der Waals surface area contributed by atoms with Gasteiger partial charge in [-0.3, -0.25) is 0 Å². The highest BCUT2D eigenvalue weighted by Crippen LogP contribution is 2.27. The molecule has 20 heavy (non-hydrogen) atoms. The van der Waals surface area contributed by atoms with Gasteiger partial charge in [0.1, 0.15) is 11.3 Å². The number of carbonyl (C=O) groups excluding carboxylic acids is 2. The van der Waals surface area contributed by atoms with E-state index in [1.54, 1.807) is 0 Å². The number of rotatable bonds is 2. The van der Waals surface area contributed by atoms with Crippen LogP contribution in [0.5, 0.6) is 5.75 Å². The predicted octanol–water partition coefficient (Wildman–Crippen LogP) is 1.10. The molecule has 106 valence electrons. The zero-order valence-corrected chi connectivity index (χ0v) is 11.0. The topological polar surface area (TPSA) is 93.1 Å². The summed E-state index contributed by atoms with van der Waals surface area (Å²) in [5.74, 6) is -3.07. The number of esters is 2. The Bertz CT molecular complexity index is 578. The van der Waals surface area contributed by atoms with Crippen molar-refractivity contribution < 1.29 is 29.3 Å². The highest BCUT2D eigenvalue weighted by Gasteiger charge is 2.38. The maximum Gasteiger partial charge on any atom is 0.348 e. The van der Waals surface area contributed by atoms with Crippen molar-refractivity contribution in [3.05, 3.63) is 34.9 Å². The third-order valence-corrected chi connectivity index (χ3v) is 2.69. The summed E-state index contributed by atoms with van der Waals surface area (Å²) in [5.41, 5.74) is 0.447. The monoisotopic (exact) mass is 278 g/mol. The number of hydrogen-bond acceptors (Lipinski definition) is 6. The molecule has 2 N–H and O–H groups in total. The molecule has 0 atom stereocenters. The lowest BCUT2D eigenvalue weighted by Gasteiger charge is -2.29. The molecular formula is C14H14O6. The molecule has 0 aliphatic carbocycles. The highest BCUT2D eigenvalue weighted by molar-refractivity contribution is 6.19. The second-order valence-electron chi connectivity index (χ2n) is 4.79. The molecule has 1 aliphatic heterocycles. The number of carbonyl (C=O) groups is 2. The molecule has 0 radical (unpaired) electrons. The van der Waals surface area contributed by atoms with E-state index in [0.717, 1.165) is 0 Å². The molecule has 2 rings (SSSR count). The van der Waals surface area contributed by atoms with E-state index >= 15 is 0 Å². The Labute approximate surface area is 115 Å². The molecule has 6 nitrogen and oxygen atoms in total. The molecule has 0 saturated carbocycles. The van der Waals surface area contributed by atoms with Crippen LogP contribution in [0.3, 0.4) is 0 Å². The SMILES string of the molecule is CC1(C)OC(=O)C(=Cc2cc(CO)ccc2O)C(=O)O1. The molecule has 1 aromatic carbocycles. The van der Waals surface area contributed by atoms with Gasteiger partial charge >= 0.3 is 11.9 Å². The van der Waals surface area contributed by atoms with Crippen molar-refractivity contribution in [2.24, 2.45) is 0 Å². The molecule has 1 saturated heterocycles. The third kappa shape index (κ3) is 2.80. The van der Waals surface area contributed by atoms with Crippen LogP contribution in [0.2, 0.25) is 0 Å². The Morgan fingerprint density at radius 1 is 1.20 bits per heavy atom. The Morgan fingerprint density at radius 3 is 2.35 bits per heavy atom. The van der Waals surface area contributed by atoms with Crippen LogP contribution in [0.4, 0.5) is 0 Å². The Hall–Kier alpha value is -2.34. The summed E-state index contributed by atoms with van der Waals surface area (Å²) in [7, 11) is 0. The maximum atomic E-state index is 11.8. The van der Waals surface area contributed by atoms with E-state index in [1.807, 2.05) is 0 Å². The first-order chi connectivity index (χ1) is 9.32. The van der Waals surface area contributed by atoms with Gasteiger partial charge in [-0.05, 0) is 23.8 Å². The zero-order valence-electron chi connectivity index (χ0n) is 11.0. The second kappa shape index (κ2) is 4.97. The maximum absolute atomic E-state index is 11.8. The first-order valence-corrected chi connectivity index (χ1v) is 5.93. The summed E-state index contributed by atoms with van der Waals surface area (Å²) in [6, 6.07) is 4.35. The van der Waals surface area contributed by atoms with Gasteiger partial charge in [-0.15, -0.1) is 0 Å². The van der Waals surface area contributed by atoms with Gasteiger partial charge in [0.25, 0.3) is 5.79 Å². The standard InChI is InChI=1S/C14H14O6/c1-14(2)19-12(17)10(13(18)20-14)6-9-5-8(7-15)3-4-11(9)16/h3-6,15-16H,7H2,1-2H3. The van der Waals surface area contributed by atoms with Gasteiger partial charge in [0, 0.05) is 19.4 Å². The fourth-order valence-electron chi connectivity index (χ4n) is 1.75. The van der Waals surface area contributed by atoms with E-state index in [1.165, 1.54) is 38.1 Å². The zero-order chi connectivity index (χ0) is 14.9. The Kier molecular flexibility index (Phi) is 3.50. The lowest BCUT2D eigenvalue weighted by molar-refractivity contribution is -0.222. The third-order valence-electron chi connectivity index (χ3n) is 2.69. The van der Waals surface area contributed by atoms with Crippen molar-refractivity contribution in [3.63, 3.8) is 0 Å². The van der Waals surface area contributed by atoms with Crippen LogP contribution in [0.25, 0.3) is 6.08 Å². The van der Waals surface area contributed by atoms with Gasteiger partial charge < -0.3 is 19.7 Å². The van der Waals surface area contributed by atoms with E-state index in [9.17, 15) is 14.7 Å². The second-order valence-corrected chi connectivity index (χ2v) is 4.79. The number of aliphatic hydroxyl groups is 1. The highest BCUT2D eigenvalue weighted by atomic mass is 16.7. The summed E-state index contributed by atoms with van der Waals surface area (Å²) >= 11 is 0. The summed E-state index contributed by atoms with van der Waals surface area (Å²) in [6.07, 6.45) is 1.17. The molecule has 1 aromatic rings. The molecular weight excluding hydrogens is 264 g/mol. The minimum absolute atomic E-state index is 0.125. The van der Waals surface area contributed by atoms with Gasteiger partial charge in [0.2, 0.25) is 0 Å². The number of ether oxygens (including phenoxy) is 2. The largest absolute Gasteiger partial charge is 0.507 e. The molecule has 6 heteroatoms. The van der Waals surface area contributed by atoms with Crippen LogP contribution in [-0.2, 0) is 25.7 Å². The van der Waals surface area contributed by atoms with E-state index in [4.69, 9.17) is 14.6 Å². The predicted molar refractivity (Wildman–Crippen MR) is 68.3 cm³/mol. The molecule has 1 heterocycles. The van der Waals surface area contributed by atoms with Crippen LogP contribution >= 0.6 is 0 Å². The number of hydrogen-bond donors (Lipinski definition) is 2. The van der Waals surface area contributed by atoms with Crippen molar-refractivity contribution >= 4 is 18.0 Å². The molecule has 0 unspecified atom stereocenters. The summed E-state index contributed by atoms with van der Waals surface area (Å²) in [4.78, 5) is 23.5. The molecule has 0 bridgehead atoms. The lowest BCUT2D eigenvalue weighted by Crippen LogP contribution is -2.41.